The highest BCUT2D eigenvalue weighted by Gasteiger charge is 1.80. The van der Waals surface area contributed by atoms with Crippen molar-refractivity contribution in [1.82, 2.24) is 0 Å². The van der Waals surface area contributed by atoms with Gasteiger partial charge < -0.3 is 0 Å². The lowest BCUT2D eigenvalue weighted by Gasteiger charge is -1.90. The van der Waals surface area contributed by atoms with Crippen LogP contribution in [0.2, 0.25) is 0 Å². The quantitative estimate of drug-likeness (QED) is 0.347. The SMILES string of the molecule is CCCCC=CCCC=CCCCC. The van der Waals surface area contributed by atoms with Crippen molar-refractivity contribution in [3.8, 4) is 0 Å². The highest BCUT2D eigenvalue weighted by Crippen LogP contribution is 2.00. The normalized spacial score (nSPS) is 11.9. The second kappa shape index (κ2) is 12.5. The van der Waals surface area contributed by atoms with Gasteiger partial charge in [-0.15, -0.1) is 0 Å². The van der Waals surface area contributed by atoms with Gasteiger partial charge in [-0.25, -0.2) is 0 Å². The highest BCUT2D eigenvalue weighted by molar-refractivity contribution is 4.87. The summed E-state index contributed by atoms with van der Waals surface area (Å²) in [7, 11) is 0. The molecular formula is C14H26. The maximum absolute atomic E-state index is 2.32. The van der Waals surface area contributed by atoms with Crippen LogP contribution < -0.4 is 0 Å². The number of hydrogen-bond donors (Lipinski definition) is 0. The van der Waals surface area contributed by atoms with Gasteiger partial charge >= 0.3 is 0 Å². The van der Waals surface area contributed by atoms with E-state index in [1.54, 1.807) is 0 Å². The number of unbranched alkanes of at least 4 members (excludes halogenated alkanes) is 5. The molecule has 0 aliphatic carbocycles. The average Bonchev–Trinajstić information content (AvgIpc) is 2.21. The zero-order chi connectivity index (χ0) is 10.5. The summed E-state index contributed by atoms with van der Waals surface area (Å²) in [6, 6.07) is 0. The molecular weight excluding hydrogens is 168 g/mol. The molecule has 0 atom stereocenters. The number of allylic oxidation sites excluding steroid dienone is 4. The van der Waals surface area contributed by atoms with E-state index in [4.69, 9.17) is 0 Å². The van der Waals surface area contributed by atoms with Crippen LogP contribution in [0.25, 0.3) is 0 Å². The summed E-state index contributed by atoms with van der Waals surface area (Å²) >= 11 is 0. The molecule has 14 heavy (non-hydrogen) atoms. The molecule has 0 aliphatic heterocycles. The second-order valence-electron chi connectivity index (χ2n) is 3.80. The minimum Gasteiger partial charge on any atom is -0.0885 e. The van der Waals surface area contributed by atoms with E-state index >= 15 is 0 Å². The Bertz CT molecular complexity index is 124. The van der Waals surface area contributed by atoms with Crippen LogP contribution in [0, 0.1) is 0 Å². The maximum atomic E-state index is 2.32. The average molecular weight is 194 g/mol. The predicted molar refractivity (Wildman–Crippen MR) is 66.6 cm³/mol. The Balaban J connectivity index is 3.11. The topological polar surface area (TPSA) is 0 Å². The third-order valence-electron chi connectivity index (χ3n) is 2.28. The van der Waals surface area contributed by atoms with E-state index in [9.17, 15) is 0 Å². The van der Waals surface area contributed by atoms with E-state index in [1.165, 1.54) is 51.4 Å². The van der Waals surface area contributed by atoms with Crippen molar-refractivity contribution < 1.29 is 0 Å². The zero-order valence-electron chi connectivity index (χ0n) is 9.97. The van der Waals surface area contributed by atoms with E-state index in [2.05, 4.69) is 38.2 Å². The molecule has 0 aliphatic rings. The molecule has 0 heterocycles. The van der Waals surface area contributed by atoms with E-state index in [0.717, 1.165) is 0 Å². The van der Waals surface area contributed by atoms with E-state index in [1.807, 2.05) is 0 Å². The molecule has 0 fully saturated rings. The summed E-state index contributed by atoms with van der Waals surface area (Å²) in [6.07, 6.45) is 19.5. The Kier molecular flexibility index (Phi) is 12.0. The van der Waals surface area contributed by atoms with Crippen LogP contribution in [0.5, 0.6) is 0 Å². The predicted octanol–water partition coefficient (Wildman–Crippen LogP) is 5.26. The molecule has 0 amide bonds. The fraction of sp³-hybridized carbons (Fsp3) is 0.714. The molecule has 0 spiro atoms. The fourth-order valence-corrected chi connectivity index (χ4v) is 1.31. The Hall–Kier alpha value is -0.520. The molecule has 0 saturated carbocycles. The summed E-state index contributed by atoms with van der Waals surface area (Å²) in [5.41, 5.74) is 0. The molecule has 0 rings (SSSR count). The van der Waals surface area contributed by atoms with Gasteiger partial charge in [0.05, 0.1) is 0 Å². The van der Waals surface area contributed by atoms with Gasteiger partial charge in [0.2, 0.25) is 0 Å². The van der Waals surface area contributed by atoms with Crippen LogP contribution >= 0.6 is 0 Å². The highest BCUT2D eigenvalue weighted by atomic mass is 13.9. The number of hydrogen-bond acceptors (Lipinski definition) is 0. The third kappa shape index (κ3) is 11.5. The molecule has 0 aromatic rings. The summed E-state index contributed by atoms with van der Waals surface area (Å²) in [4.78, 5) is 0. The minimum atomic E-state index is 1.21. The van der Waals surface area contributed by atoms with Crippen molar-refractivity contribution in [2.45, 2.75) is 65.2 Å². The molecule has 0 nitrogen and oxygen atoms in total. The molecule has 0 saturated heterocycles. The number of rotatable bonds is 9. The summed E-state index contributed by atoms with van der Waals surface area (Å²) in [6.45, 7) is 4.48. The zero-order valence-corrected chi connectivity index (χ0v) is 9.97. The third-order valence-corrected chi connectivity index (χ3v) is 2.28. The van der Waals surface area contributed by atoms with Crippen LogP contribution in [0.4, 0.5) is 0 Å². The first kappa shape index (κ1) is 13.5. The summed E-state index contributed by atoms with van der Waals surface area (Å²) in [5, 5.41) is 0. The monoisotopic (exact) mass is 194 g/mol. The molecule has 0 unspecified atom stereocenters. The van der Waals surface area contributed by atoms with Gasteiger partial charge in [0, 0.05) is 0 Å². The van der Waals surface area contributed by atoms with Crippen molar-refractivity contribution >= 4 is 0 Å². The van der Waals surface area contributed by atoms with E-state index < -0.39 is 0 Å². The first-order valence-corrected chi connectivity index (χ1v) is 6.21. The fourth-order valence-electron chi connectivity index (χ4n) is 1.31. The molecule has 0 aromatic carbocycles. The Labute approximate surface area is 90.1 Å². The largest absolute Gasteiger partial charge is 0.0885 e. The van der Waals surface area contributed by atoms with Crippen LogP contribution in [-0.4, -0.2) is 0 Å². The smallest absolute Gasteiger partial charge is 0.0316 e. The molecule has 82 valence electrons. The Morgan fingerprint density at radius 3 is 1.29 bits per heavy atom. The molecule has 0 heteroatoms. The van der Waals surface area contributed by atoms with Gasteiger partial charge in [0.1, 0.15) is 0 Å². The van der Waals surface area contributed by atoms with Crippen molar-refractivity contribution in [1.29, 1.82) is 0 Å². The Morgan fingerprint density at radius 2 is 0.929 bits per heavy atom. The van der Waals surface area contributed by atoms with Crippen LogP contribution in [0.1, 0.15) is 65.2 Å². The molecule has 0 aromatic heterocycles. The van der Waals surface area contributed by atoms with Crippen molar-refractivity contribution in [2.24, 2.45) is 0 Å². The lowest BCUT2D eigenvalue weighted by molar-refractivity contribution is 0.808. The van der Waals surface area contributed by atoms with Crippen molar-refractivity contribution in [3.05, 3.63) is 24.3 Å². The van der Waals surface area contributed by atoms with Gasteiger partial charge in [0.15, 0.2) is 0 Å². The second-order valence-corrected chi connectivity index (χ2v) is 3.80. The first-order chi connectivity index (χ1) is 6.91. The van der Waals surface area contributed by atoms with Gasteiger partial charge in [-0.05, 0) is 25.7 Å². The van der Waals surface area contributed by atoms with Crippen LogP contribution in [-0.2, 0) is 0 Å². The van der Waals surface area contributed by atoms with Gasteiger partial charge in [-0.3, -0.25) is 0 Å². The summed E-state index contributed by atoms with van der Waals surface area (Å²) < 4.78 is 0. The Morgan fingerprint density at radius 1 is 0.571 bits per heavy atom. The first-order valence-electron chi connectivity index (χ1n) is 6.21. The lowest BCUT2D eigenvalue weighted by Crippen LogP contribution is -1.70. The van der Waals surface area contributed by atoms with Gasteiger partial charge in [0.25, 0.3) is 0 Å². The van der Waals surface area contributed by atoms with Crippen molar-refractivity contribution in [2.75, 3.05) is 0 Å². The minimum absolute atomic E-state index is 1.21. The molecule has 0 N–H and O–H groups in total. The molecule has 0 bridgehead atoms. The van der Waals surface area contributed by atoms with Gasteiger partial charge in [-0.1, -0.05) is 63.8 Å². The summed E-state index contributed by atoms with van der Waals surface area (Å²) in [5.74, 6) is 0. The lowest BCUT2D eigenvalue weighted by atomic mass is 10.2. The standard InChI is InChI=1S/C14H26/c1-3-5-7-9-11-13-14-12-10-8-6-4-2/h9-12H,3-8,13-14H2,1-2H3. The van der Waals surface area contributed by atoms with Gasteiger partial charge in [-0.2, -0.15) is 0 Å². The van der Waals surface area contributed by atoms with E-state index in [0.29, 0.717) is 0 Å². The maximum Gasteiger partial charge on any atom is -0.0316 e. The van der Waals surface area contributed by atoms with E-state index in [-0.39, 0.29) is 0 Å². The molecule has 0 radical (unpaired) electrons. The van der Waals surface area contributed by atoms with Crippen LogP contribution in [0.3, 0.4) is 0 Å². The van der Waals surface area contributed by atoms with Crippen molar-refractivity contribution in [3.63, 3.8) is 0 Å². The van der Waals surface area contributed by atoms with Crippen LogP contribution in [0.15, 0.2) is 24.3 Å².